The third-order valence-electron chi connectivity index (χ3n) is 1.93. The fourth-order valence-corrected chi connectivity index (χ4v) is 2.97. The van der Waals surface area contributed by atoms with Crippen molar-refractivity contribution in [3.8, 4) is 5.75 Å². The van der Waals surface area contributed by atoms with Gasteiger partial charge in [0, 0.05) is 17.6 Å². The Kier molecular flexibility index (Phi) is 5.38. The predicted octanol–water partition coefficient (Wildman–Crippen LogP) is 1.08. The molecule has 0 aliphatic rings. The lowest BCUT2D eigenvalue weighted by molar-refractivity contribution is 0.331. The molecule has 0 fully saturated rings. The highest BCUT2D eigenvalue weighted by Crippen LogP contribution is 2.27. The Morgan fingerprint density at radius 3 is 2.76 bits per heavy atom. The van der Waals surface area contributed by atoms with E-state index in [0.29, 0.717) is 16.8 Å². The van der Waals surface area contributed by atoms with Gasteiger partial charge in [0.05, 0.1) is 6.61 Å². The molecule has 0 amide bonds. The summed E-state index contributed by atoms with van der Waals surface area (Å²) >= 11 is 3.24. The van der Waals surface area contributed by atoms with Gasteiger partial charge in [0.1, 0.15) is 10.6 Å². The van der Waals surface area contributed by atoms with Crippen molar-refractivity contribution in [2.45, 2.75) is 11.8 Å². The molecule has 0 saturated heterocycles. The molecule has 0 spiro atoms. The molecule has 1 aromatic carbocycles. The highest BCUT2D eigenvalue weighted by Gasteiger charge is 2.19. The first kappa shape index (κ1) is 14.4. The maximum absolute atomic E-state index is 12.0. The van der Waals surface area contributed by atoms with Gasteiger partial charge in [-0.2, -0.15) is 0 Å². The quantitative estimate of drug-likeness (QED) is 0.821. The predicted molar refractivity (Wildman–Crippen MR) is 69.6 cm³/mol. The highest BCUT2D eigenvalue weighted by atomic mass is 79.9. The van der Waals surface area contributed by atoms with Crippen LogP contribution in [0.2, 0.25) is 0 Å². The first-order valence-corrected chi connectivity index (χ1v) is 7.41. The minimum absolute atomic E-state index is 0.113. The summed E-state index contributed by atoms with van der Waals surface area (Å²) in [7, 11) is -3.58. The normalized spacial score (nSPS) is 11.5. The Labute approximate surface area is 110 Å². The summed E-state index contributed by atoms with van der Waals surface area (Å²) in [4.78, 5) is 0.113. The summed E-state index contributed by atoms with van der Waals surface area (Å²) in [6.45, 7) is 2.64. The number of benzene rings is 1. The van der Waals surface area contributed by atoms with Crippen LogP contribution in [0.5, 0.6) is 5.75 Å². The third-order valence-corrected chi connectivity index (χ3v) is 3.91. The van der Waals surface area contributed by atoms with Crippen LogP contribution in [0, 0.1) is 0 Å². The Balaban J connectivity index is 3.13. The minimum atomic E-state index is -3.58. The Morgan fingerprint density at radius 2 is 2.18 bits per heavy atom. The van der Waals surface area contributed by atoms with Crippen LogP contribution in [0.1, 0.15) is 6.92 Å². The average Bonchev–Trinajstić information content (AvgIpc) is 2.29. The molecular formula is C10H15BrN2O3S. The fourth-order valence-electron chi connectivity index (χ4n) is 1.24. The maximum atomic E-state index is 12.0. The summed E-state index contributed by atoms with van der Waals surface area (Å²) < 4.78 is 32.3. The topological polar surface area (TPSA) is 81.4 Å². The molecule has 17 heavy (non-hydrogen) atoms. The first-order valence-electron chi connectivity index (χ1n) is 5.13. The molecule has 0 unspecified atom stereocenters. The van der Waals surface area contributed by atoms with Crippen molar-refractivity contribution in [1.29, 1.82) is 0 Å². The van der Waals surface area contributed by atoms with Gasteiger partial charge < -0.3 is 10.5 Å². The molecular weight excluding hydrogens is 308 g/mol. The molecule has 0 atom stereocenters. The van der Waals surface area contributed by atoms with Crippen LogP contribution in [-0.4, -0.2) is 28.1 Å². The van der Waals surface area contributed by atoms with Gasteiger partial charge in [-0.3, -0.25) is 0 Å². The van der Waals surface area contributed by atoms with E-state index >= 15 is 0 Å². The summed E-state index contributed by atoms with van der Waals surface area (Å²) in [5.41, 5.74) is 5.27. The molecule has 0 heterocycles. The molecule has 0 aromatic heterocycles. The van der Waals surface area contributed by atoms with Crippen molar-refractivity contribution in [1.82, 2.24) is 4.72 Å². The number of hydrogen-bond donors (Lipinski definition) is 2. The van der Waals surface area contributed by atoms with Crippen LogP contribution >= 0.6 is 15.9 Å². The van der Waals surface area contributed by atoms with Crippen molar-refractivity contribution in [2.75, 3.05) is 19.7 Å². The molecule has 0 saturated carbocycles. The number of hydrogen-bond acceptors (Lipinski definition) is 4. The molecule has 0 bridgehead atoms. The van der Waals surface area contributed by atoms with E-state index < -0.39 is 10.0 Å². The number of ether oxygens (including phenoxy) is 1. The highest BCUT2D eigenvalue weighted by molar-refractivity contribution is 9.10. The first-order chi connectivity index (χ1) is 8.01. The second-order valence-corrected chi connectivity index (χ2v) is 5.86. The lowest BCUT2D eigenvalue weighted by atomic mass is 10.3. The molecule has 7 heteroatoms. The van der Waals surface area contributed by atoms with Gasteiger partial charge in [-0.1, -0.05) is 15.9 Å². The molecule has 1 rings (SSSR count). The molecule has 3 N–H and O–H groups in total. The zero-order valence-electron chi connectivity index (χ0n) is 9.44. The Hall–Kier alpha value is -0.630. The molecule has 0 aliphatic heterocycles. The maximum Gasteiger partial charge on any atom is 0.244 e. The average molecular weight is 323 g/mol. The lowest BCUT2D eigenvalue weighted by Gasteiger charge is -2.11. The smallest absolute Gasteiger partial charge is 0.244 e. The van der Waals surface area contributed by atoms with Gasteiger partial charge in [-0.05, 0) is 25.1 Å². The van der Waals surface area contributed by atoms with E-state index in [2.05, 4.69) is 20.7 Å². The van der Waals surface area contributed by atoms with Crippen LogP contribution in [0.15, 0.2) is 27.6 Å². The Morgan fingerprint density at radius 1 is 1.47 bits per heavy atom. The standard InChI is InChI=1S/C10H15BrN2O3S/c1-2-16-9-4-3-8(11)7-10(9)17(14,15)13-6-5-12/h3-4,7,13H,2,5-6,12H2,1H3. The minimum Gasteiger partial charge on any atom is -0.492 e. The second-order valence-electron chi connectivity index (χ2n) is 3.21. The van der Waals surface area contributed by atoms with Crippen molar-refractivity contribution in [2.24, 2.45) is 5.73 Å². The van der Waals surface area contributed by atoms with E-state index in [4.69, 9.17) is 10.5 Å². The van der Waals surface area contributed by atoms with Gasteiger partial charge in [0.2, 0.25) is 10.0 Å². The molecule has 96 valence electrons. The summed E-state index contributed by atoms with van der Waals surface area (Å²) in [6.07, 6.45) is 0. The summed E-state index contributed by atoms with van der Waals surface area (Å²) in [6, 6.07) is 4.85. The third kappa shape index (κ3) is 3.95. The van der Waals surface area contributed by atoms with Gasteiger partial charge in [-0.15, -0.1) is 0 Å². The largest absolute Gasteiger partial charge is 0.492 e. The van der Waals surface area contributed by atoms with Crippen molar-refractivity contribution in [3.05, 3.63) is 22.7 Å². The van der Waals surface area contributed by atoms with E-state index in [9.17, 15) is 8.42 Å². The van der Waals surface area contributed by atoms with Gasteiger partial charge >= 0.3 is 0 Å². The van der Waals surface area contributed by atoms with E-state index in [1.54, 1.807) is 19.1 Å². The van der Waals surface area contributed by atoms with Crippen molar-refractivity contribution < 1.29 is 13.2 Å². The molecule has 0 aliphatic carbocycles. The van der Waals surface area contributed by atoms with Crippen LogP contribution < -0.4 is 15.2 Å². The van der Waals surface area contributed by atoms with Gasteiger partial charge in [0.25, 0.3) is 0 Å². The van der Waals surface area contributed by atoms with Crippen molar-refractivity contribution in [3.63, 3.8) is 0 Å². The zero-order valence-corrected chi connectivity index (χ0v) is 11.8. The van der Waals surface area contributed by atoms with Gasteiger partial charge in [-0.25, -0.2) is 13.1 Å². The monoisotopic (exact) mass is 322 g/mol. The zero-order chi connectivity index (χ0) is 12.9. The lowest BCUT2D eigenvalue weighted by Crippen LogP contribution is -2.29. The van der Waals surface area contributed by atoms with Crippen LogP contribution in [0.25, 0.3) is 0 Å². The van der Waals surface area contributed by atoms with Crippen LogP contribution in [-0.2, 0) is 10.0 Å². The van der Waals surface area contributed by atoms with E-state index in [0.717, 1.165) is 0 Å². The fraction of sp³-hybridized carbons (Fsp3) is 0.400. The number of sulfonamides is 1. The molecule has 0 radical (unpaired) electrons. The van der Waals surface area contributed by atoms with E-state index in [1.165, 1.54) is 6.07 Å². The second kappa shape index (κ2) is 6.34. The summed E-state index contributed by atoms with van der Waals surface area (Å²) in [5.74, 6) is 0.334. The van der Waals surface area contributed by atoms with Crippen LogP contribution in [0.3, 0.4) is 0 Å². The number of halogens is 1. The summed E-state index contributed by atoms with van der Waals surface area (Å²) in [5, 5.41) is 0. The van der Waals surface area contributed by atoms with Gasteiger partial charge in [0.15, 0.2) is 0 Å². The molecule has 5 nitrogen and oxygen atoms in total. The Bertz CT molecular complexity index is 476. The number of rotatable bonds is 6. The van der Waals surface area contributed by atoms with Crippen molar-refractivity contribution >= 4 is 26.0 Å². The van der Waals surface area contributed by atoms with Crippen LogP contribution in [0.4, 0.5) is 0 Å². The van der Waals surface area contributed by atoms with E-state index in [-0.39, 0.29) is 18.0 Å². The SMILES string of the molecule is CCOc1ccc(Br)cc1S(=O)(=O)NCCN. The number of nitrogens with two attached hydrogens (primary N) is 1. The van der Waals surface area contributed by atoms with E-state index in [1.807, 2.05) is 0 Å². The number of nitrogens with one attached hydrogen (secondary N) is 1. The molecule has 1 aromatic rings.